The third-order valence-electron chi connectivity index (χ3n) is 3.21. The molecule has 5 N–H and O–H groups in total. The number of aliphatic carboxylic acids is 1. The number of fused-ring (bicyclic) bond motifs is 1. The lowest BCUT2D eigenvalue weighted by Crippen LogP contribution is -2.49. The van der Waals surface area contributed by atoms with Crippen molar-refractivity contribution >= 4 is 23.2 Å². The quantitative estimate of drug-likeness (QED) is 0.425. The Kier molecular flexibility index (Phi) is 4.76. The Balaban J connectivity index is 2.18. The molecule has 4 atom stereocenters. The van der Waals surface area contributed by atoms with Crippen molar-refractivity contribution in [3.8, 4) is 5.75 Å². The van der Waals surface area contributed by atoms with Gasteiger partial charge in [0.1, 0.15) is 18.0 Å². The highest BCUT2D eigenvalue weighted by Gasteiger charge is 2.36. The van der Waals surface area contributed by atoms with E-state index < -0.39 is 30.4 Å². The summed E-state index contributed by atoms with van der Waals surface area (Å²) < 4.78 is 5.32. The molecule has 1 aromatic heterocycles. The maximum Gasteiger partial charge on any atom is 0.335 e. The third kappa shape index (κ3) is 3.08. The fraction of sp³-hybridized carbons (Fsp3) is 0.286. The third-order valence-corrected chi connectivity index (χ3v) is 3.21. The van der Waals surface area contributed by atoms with Gasteiger partial charge >= 0.3 is 5.97 Å². The Morgan fingerprint density at radius 2 is 1.86 bits per heavy atom. The number of carboxylic acids is 1. The minimum absolute atomic E-state index is 0.226. The maximum absolute atomic E-state index is 11.1. The number of H-pyrrole nitrogens is 1. The fourth-order valence-electron chi connectivity index (χ4n) is 1.99. The highest BCUT2D eigenvalue weighted by atomic mass is 16.5. The molecule has 118 valence electrons. The minimum atomic E-state index is -2.23. The summed E-state index contributed by atoms with van der Waals surface area (Å²) >= 11 is 0. The summed E-state index contributed by atoms with van der Waals surface area (Å²) in [6, 6.07) is 7.04. The fourth-order valence-corrected chi connectivity index (χ4v) is 1.99. The zero-order valence-electron chi connectivity index (χ0n) is 11.3. The van der Waals surface area contributed by atoms with Crippen LogP contribution in [0.2, 0.25) is 0 Å². The van der Waals surface area contributed by atoms with Gasteiger partial charge in [0.2, 0.25) is 0 Å². The van der Waals surface area contributed by atoms with E-state index in [2.05, 4.69) is 4.98 Å². The second kappa shape index (κ2) is 6.56. The predicted octanol–water partition coefficient (Wildman–Crippen LogP) is -0.719. The van der Waals surface area contributed by atoms with E-state index in [1.807, 2.05) is 0 Å². The average Bonchev–Trinajstić information content (AvgIpc) is 2.93. The number of hydrogen-bond acceptors (Lipinski definition) is 6. The summed E-state index contributed by atoms with van der Waals surface area (Å²) in [6.07, 6.45) is -6.06. The summed E-state index contributed by atoms with van der Waals surface area (Å²) in [5, 5.41) is 37.9. The molecular formula is C14H15NO7. The SMILES string of the molecule is O=C[C@H](Oc1c[nH]c2ccccc12)[C@@H](O)[C@H](O)[C@H](O)C(=O)O. The van der Waals surface area contributed by atoms with E-state index in [9.17, 15) is 24.9 Å². The molecule has 22 heavy (non-hydrogen) atoms. The second-order valence-corrected chi connectivity index (χ2v) is 4.68. The number of aldehydes is 1. The first-order valence-electron chi connectivity index (χ1n) is 6.40. The van der Waals surface area contributed by atoms with Crippen LogP contribution in [0.3, 0.4) is 0 Å². The average molecular weight is 309 g/mol. The number of carboxylic acid groups (broad SMARTS) is 1. The Labute approximate surface area is 124 Å². The van der Waals surface area contributed by atoms with Crippen molar-refractivity contribution in [1.82, 2.24) is 4.98 Å². The normalized spacial score (nSPS) is 16.7. The van der Waals surface area contributed by atoms with Gasteiger partial charge in [0.25, 0.3) is 0 Å². The van der Waals surface area contributed by atoms with Crippen molar-refractivity contribution in [3.63, 3.8) is 0 Å². The van der Waals surface area contributed by atoms with Crippen molar-refractivity contribution in [2.45, 2.75) is 24.4 Å². The van der Waals surface area contributed by atoms with Gasteiger partial charge in [0.05, 0.1) is 0 Å². The van der Waals surface area contributed by atoms with Crippen LogP contribution in [0.5, 0.6) is 5.75 Å². The van der Waals surface area contributed by atoms with E-state index in [4.69, 9.17) is 9.84 Å². The molecule has 2 aromatic rings. The number of carbonyl (C=O) groups is 2. The molecule has 0 saturated heterocycles. The number of aliphatic hydroxyl groups excluding tert-OH is 3. The van der Waals surface area contributed by atoms with Gasteiger partial charge in [-0.2, -0.15) is 0 Å². The molecule has 0 aliphatic carbocycles. The molecule has 1 aromatic carbocycles. The first-order valence-corrected chi connectivity index (χ1v) is 6.40. The van der Waals surface area contributed by atoms with Crippen molar-refractivity contribution in [1.29, 1.82) is 0 Å². The van der Waals surface area contributed by atoms with Crippen molar-refractivity contribution in [3.05, 3.63) is 30.5 Å². The van der Waals surface area contributed by atoms with Crippen LogP contribution >= 0.6 is 0 Å². The molecular weight excluding hydrogens is 294 g/mol. The molecule has 2 rings (SSSR count). The number of ether oxygens (including phenoxy) is 1. The van der Waals surface area contributed by atoms with E-state index in [0.717, 1.165) is 5.52 Å². The van der Waals surface area contributed by atoms with Gasteiger partial charge in [-0.3, -0.25) is 4.79 Å². The summed E-state index contributed by atoms with van der Waals surface area (Å²) in [5.41, 5.74) is 0.739. The molecule has 0 saturated carbocycles. The van der Waals surface area contributed by atoms with Crippen LogP contribution in [0.15, 0.2) is 30.5 Å². The van der Waals surface area contributed by atoms with Gasteiger partial charge in [-0.05, 0) is 12.1 Å². The van der Waals surface area contributed by atoms with E-state index in [0.29, 0.717) is 5.39 Å². The molecule has 0 aliphatic rings. The number of rotatable bonds is 7. The number of carbonyl (C=O) groups excluding carboxylic acids is 1. The van der Waals surface area contributed by atoms with Gasteiger partial charge in [-0.25, -0.2) is 4.79 Å². The second-order valence-electron chi connectivity index (χ2n) is 4.68. The van der Waals surface area contributed by atoms with E-state index >= 15 is 0 Å². The van der Waals surface area contributed by atoms with E-state index in [1.54, 1.807) is 24.3 Å². The molecule has 0 fully saturated rings. The Morgan fingerprint density at radius 1 is 1.18 bits per heavy atom. The number of benzene rings is 1. The number of aliphatic hydroxyl groups is 3. The lowest BCUT2D eigenvalue weighted by molar-refractivity contribution is -0.162. The van der Waals surface area contributed by atoms with Crippen LogP contribution in [0.4, 0.5) is 0 Å². The molecule has 0 radical (unpaired) electrons. The molecule has 8 nitrogen and oxygen atoms in total. The van der Waals surface area contributed by atoms with Crippen LogP contribution in [-0.2, 0) is 9.59 Å². The molecule has 1 heterocycles. The topological polar surface area (TPSA) is 140 Å². The number of aromatic nitrogens is 1. The van der Waals surface area contributed by atoms with Crippen molar-refractivity contribution < 1.29 is 34.8 Å². The van der Waals surface area contributed by atoms with Gasteiger partial charge in [0, 0.05) is 17.1 Å². The number of para-hydroxylation sites is 1. The maximum atomic E-state index is 11.1. The number of aromatic amines is 1. The molecule has 8 heteroatoms. The van der Waals surface area contributed by atoms with Gasteiger partial charge in [-0.15, -0.1) is 0 Å². The number of hydrogen-bond donors (Lipinski definition) is 5. The first-order chi connectivity index (χ1) is 10.5. The van der Waals surface area contributed by atoms with Crippen LogP contribution in [0.25, 0.3) is 10.9 Å². The Bertz CT molecular complexity index is 668. The summed E-state index contributed by atoms with van der Waals surface area (Å²) in [4.78, 5) is 24.6. The van der Waals surface area contributed by atoms with Gasteiger partial charge < -0.3 is 30.1 Å². The van der Waals surface area contributed by atoms with Gasteiger partial charge in [0.15, 0.2) is 18.5 Å². The van der Waals surface area contributed by atoms with Crippen molar-refractivity contribution in [2.24, 2.45) is 0 Å². The molecule has 0 unspecified atom stereocenters. The molecule has 0 aliphatic heterocycles. The predicted molar refractivity (Wildman–Crippen MR) is 74.4 cm³/mol. The van der Waals surface area contributed by atoms with Gasteiger partial charge in [-0.1, -0.05) is 12.1 Å². The largest absolute Gasteiger partial charge is 0.479 e. The number of nitrogens with one attached hydrogen (secondary N) is 1. The van der Waals surface area contributed by atoms with Crippen LogP contribution in [-0.4, -0.2) is 62.1 Å². The monoisotopic (exact) mass is 309 g/mol. The Morgan fingerprint density at radius 3 is 2.50 bits per heavy atom. The van der Waals surface area contributed by atoms with Crippen LogP contribution < -0.4 is 4.74 Å². The standard InChI is InChI=1S/C14H15NO7/c16-6-10(11(17)12(18)13(19)14(20)21)22-9-5-15-8-4-2-1-3-7(8)9/h1-6,10-13,15,17-19H,(H,20,21)/t10-,11+,12-,13-/m0/s1. The molecule has 0 bridgehead atoms. The van der Waals surface area contributed by atoms with E-state index in [-0.39, 0.29) is 12.0 Å². The highest BCUT2D eigenvalue weighted by molar-refractivity contribution is 5.86. The summed E-state index contributed by atoms with van der Waals surface area (Å²) in [6.45, 7) is 0. The Hall–Kier alpha value is -2.42. The van der Waals surface area contributed by atoms with Crippen molar-refractivity contribution in [2.75, 3.05) is 0 Å². The zero-order valence-corrected chi connectivity index (χ0v) is 11.3. The van der Waals surface area contributed by atoms with Crippen LogP contribution in [0, 0.1) is 0 Å². The summed E-state index contributed by atoms with van der Waals surface area (Å²) in [7, 11) is 0. The highest BCUT2D eigenvalue weighted by Crippen LogP contribution is 2.26. The first kappa shape index (κ1) is 16.0. The molecule has 0 spiro atoms. The lowest BCUT2D eigenvalue weighted by Gasteiger charge is -2.24. The minimum Gasteiger partial charge on any atom is -0.479 e. The summed E-state index contributed by atoms with van der Waals surface area (Å²) in [5.74, 6) is -1.47. The van der Waals surface area contributed by atoms with Crippen LogP contribution in [0.1, 0.15) is 0 Å². The zero-order chi connectivity index (χ0) is 16.3. The lowest BCUT2D eigenvalue weighted by atomic mass is 10.0. The van der Waals surface area contributed by atoms with E-state index in [1.165, 1.54) is 6.20 Å². The molecule has 0 amide bonds. The smallest absolute Gasteiger partial charge is 0.335 e.